The maximum Gasteiger partial charge on any atom is 0.223 e. The lowest BCUT2D eigenvalue weighted by molar-refractivity contribution is -0.121. The van der Waals surface area contributed by atoms with Crippen LogP contribution in [0, 0.1) is 11.3 Å². The number of carbonyl (C=O) groups is 2. The van der Waals surface area contributed by atoms with Crippen LogP contribution < -0.4 is 5.73 Å². The van der Waals surface area contributed by atoms with Gasteiger partial charge in [0.15, 0.2) is 5.78 Å². The van der Waals surface area contributed by atoms with Crippen LogP contribution >= 0.6 is 17.0 Å². The second-order valence-electron chi connectivity index (χ2n) is 11.0. The molecule has 2 aromatic rings. The number of amides is 1. The molecule has 7 heteroatoms. The van der Waals surface area contributed by atoms with Crippen LogP contribution in [0.4, 0.5) is 0 Å². The van der Waals surface area contributed by atoms with Gasteiger partial charge in [0.25, 0.3) is 0 Å². The lowest BCUT2D eigenvalue weighted by atomic mass is 9.78. The van der Waals surface area contributed by atoms with E-state index in [0.29, 0.717) is 16.7 Å². The first kappa shape index (κ1) is 27.6. The summed E-state index contributed by atoms with van der Waals surface area (Å²) in [7, 11) is 0. The van der Waals surface area contributed by atoms with Gasteiger partial charge in [-0.15, -0.1) is 17.0 Å². The van der Waals surface area contributed by atoms with Gasteiger partial charge in [0.1, 0.15) is 11.6 Å². The number of nitrogens with one attached hydrogen (secondary N) is 1. The molecule has 3 rings (SSSR count). The molecule has 1 amide bonds. The molecule has 1 heterocycles. The zero-order valence-electron chi connectivity index (χ0n) is 20.8. The molecule has 0 radical (unpaired) electrons. The molecule has 1 fully saturated rings. The number of likely N-dealkylation sites (tertiary alicyclic amines) is 1. The molecule has 34 heavy (non-hydrogen) atoms. The maximum atomic E-state index is 13.4. The third kappa shape index (κ3) is 5.52. The first-order valence-electron chi connectivity index (χ1n) is 11.3. The fourth-order valence-electron chi connectivity index (χ4n) is 4.49. The molecule has 4 N–H and O–H groups in total. The highest BCUT2D eigenvalue weighted by Crippen LogP contribution is 2.40. The molecule has 0 unspecified atom stereocenters. The Morgan fingerprint density at radius 1 is 1.03 bits per heavy atom. The first-order valence-corrected chi connectivity index (χ1v) is 11.3. The van der Waals surface area contributed by atoms with Crippen LogP contribution in [0.1, 0.15) is 74.5 Å². The Morgan fingerprint density at radius 3 is 1.97 bits per heavy atom. The summed E-state index contributed by atoms with van der Waals surface area (Å²) in [6.07, 6.45) is 0. The van der Waals surface area contributed by atoms with Crippen LogP contribution in [-0.2, 0) is 15.6 Å². The van der Waals surface area contributed by atoms with Gasteiger partial charge < -0.3 is 15.7 Å². The van der Waals surface area contributed by atoms with E-state index in [1.807, 2.05) is 71.9 Å². The zero-order chi connectivity index (χ0) is 24.7. The maximum absolute atomic E-state index is 13.4. The minimum absolute atomic E-state index is 0. The van der Waals surface area contributed by atoms with Gasteiger partial charge in [-0.05, 0) is 28.5 Å². The van der Waals surface area contributed by atoms with Crippen LogP contribution in [0.5, 0.6) is 5.75 Å². The molecule has 1 aliphatic rings. The highest BCUT2D eigenvalue weighted by Gasteiger charge is 2.42. The lowest BCUT2D eigenvalue weighted by Gasteiger charge is -2.28. The highest BCUT2D eigenvalue weighted by atomic mass is 79.9. The number of nitrogens with two attached hydrogens (primary N) is 1. The molecule has 1 saturated heterocycles. The summed E-state index contributed by atoms with van der Waals surface area (Å²) in [4.78, 5) is 27.2. The number of hydrogen-bond acceptors (Lipinski definition) is 4. The summed E-state index contributed by atoms with van der Waals surface area (Å²) in [5, 5.41) is 19.7. The lowest BCUT2D eigenvalue weighted by Crippen LogP contribution is -2.33. The average molecular weight is 531 g/mol. The van der Waals surface area contributed by atoms with Crippen molar-refractivity contribution in [1.29, 1.82) is 5.41 Å². The van der Waals surface area contributed by atoms with Crippen molar-refractivity contribution in [2.24, 2.45) is 11.7 Å². The number of carbonyl (C=O) groups excluding carboxylic acids is 2. The van der Waals surface area contributed by atoms with Crippen LogP contribution in [0.25, 0.3) is 0 Å². The number of phenolic OH excluding ortho intramolecular Hbond substituents is 1. The van der Waals surface area contributed by atoms with Crippen LogP contribution in [0.15, 0.2) is 42.5 Å². The second-order valence-corrected chi connectivity index (χ2v) is 11.0. The average Bonchev–Trinajstić information content (AvgIpc) is 3.03. The number of rotatable bonds is 5. The Kier molecular flexibility index (Phi) is 8.03. The van der Waals surface area contributed by atoms with E-state index in [4.69, 9.17) is 11.1 Å². The minimum atomic E-state index is -0.567. The number of nitrogens with zero attached hydrogens (tertiary/aromatic N) is 1. The largest absolute Gasteiger partial charge is 0.507 e. The van der Waals surface area contributed by atoms with Crippen molar-refractivity contribution in [3.63, 3.8) is 0 Å². The highest BCUT2D eigenvalue weighted by molar-refractivity contribution is 8.93. The molecular weight excluding hydrogens is 494 g/mol. The van der Waals surface area contributed by atoms with Crippen molar-refractivity contribution >= 4 is 34.5 Å². The zero-order valence-corrected chi connectivity index (χ0v) is 22.5. The molecule has 0 saturated carbocycles. The number of phenols is 1. The number of halogens is 1. The van der Waals surface area contributed by atoms with Crippen LogP contribution in [0.3, 0.4) is 0 Å². The summed E-state index contributed by atoms with van der Waals surface area (Å²) >= 11 is 0. The molecule has 0 aliphatic carbocycles. The number of benzene rings is 2. The van der Waals surface area contributed by atoms with E-state index >= 15 is 0 Å². The van der Waals surface area contributed by atoms with E-state index in [1.54, 1.807) is 17.0 Å². The number of ketones is 1. The summed E-state index contributed by atoms with van der Waals surface area (Å²) in [5.74, 6) is -1.22. The van der Waals surface area contributed by atoms with E-state index in [1.165, 1.54) is 0 Å². The molecule has 1 aliphatic heterocycles. The third-order valence-corrected chi connectivity index (χ3v) is 6.36. The molecular formula is C27H36BrN3O3. The van der Waals surface area contributed by atoms with Crippen molar-refractivity contribution < 1.29 is 14.7 Å². The molecule has 184 valence electrons. The molecule has 2 atom stereocenters. The summed E-state index contributed by atoms with van der Waals surface area (Å²) in [6.45, 7) is 12.2. The number of Topliss-reactive ketones (excluding diaryl/α,β-unsaturated/α-hetero) is 1. The molecule has 2 aromatic carbocycles. The monoisotopic (exact) mass is 529 g/mol. The quantitative estimate of drug-likeness (QED) is 0.477. The molecule has 0 aromatic heterocycles. The van der Waals surface area contributed by atoms with E-state index in [9.17, 15) is 14.7 Å². The van der Waals surface area contributed by atoms with Gasteiger partial charge in [-0.25, -0.2) is 0 Å². The minimum Gasteiger partial charge on any atom is -0.507 e. The van der Waals surface area contributed by atoms with E-state index in [2.05, 4.69) is 0 Å². The van der Waals surface area contributed by atoms with Crippen LogP contribution in [0.2, 0.25) is 0 Å². The van der Waals surface area contributed by atoms with Gasteiger partial charge in [0.2, 0.25) is 5.91 Å². The first-order chi connectivity index (χ1) is 15.2. The van der Waals surface area contributed by atoms with Gasteiger partial charge in [0.05, 0.1) is 18.4 Å². The second kappa shape index (κ2) is 9.90. The van der Waals surface area contributed by atoms with Gasteiger partial charge in [0, 0.05) is 23.2 Å². The molecule has 0 bridgehead atoms. The normalized spacial score (nSPS) is 18.5. The van der Waals surface area contributed by atoms with Crippen molar-refractivity contribution in [1.82, 2.24) is 4.90 Å². The Labute approximate surface area is 212 Å². The van der Waals surface area contributed by atoms with Crippen molar-refractivity contribution in [3.05, 3.63) is 64.7 Å². The van der Waals surface area contributed by atoms with Gasteiger partial charge in [-0.1, -0.05) is 71.9 Å². The Bertz CT molecular complexity index is 1050. The SMILES string of the molecule is Br.CC(C)(C)c1cc(C(=O)CN2C[C@H](C(N)=O)[C@@H](c3ccccc3)C2=N)cc(C(C)(C)C)c1O. The third-order valence-electron chi connectivity index (χ3n) is 6.36. The Morgan fingerprint density at radius 2 is 1.53 bits per heavy atom. The Balaban J connectivity index is 0.00000408. The van der Waals surface area contributed by atoms with Crippen molar-refractivity contribution in [2.75, 3.05) is 13.1 Å². The van der Waals surface area contributed by atoms with Crippen molar-refractivity contribution in [3.8, 4) is 5.75 Å². The molecule has 6 nitrogen and oxygen atoms in total. The predicted molar refractivity (Wildman–Crippen MR) is 141 cm³/mol. The predicted octanol–water partition coefficient (Wildman–Crippen LogP) is 4.93. The fraction of sp³-hybridized carbons (Fsp3) is 0.444. The number of hydrogen-bond donors (Lipinski definition) is 3. The summed E-state index contributed by atoms with van der Waals surface area (Å²) < 4.78 is 0. The smallest absolute Gasteiger partial charge is 0.223 e. The Hall–Kier alpha value is -2.67. The van der Waals surface area contributed by atoms with Gasteiger partial charge in [-0.2, -0.15) is 0 Å². The topological polar surface area (TPSA) is 107 Å². The van der Waals surface area contributed by atoms with Crippen molar-refractivity contribution in [2.45, 2.75) is 58.3 Å². The van der Waals surface area contributed by atoms with Gasteiger partial charge >= 0.3 is 0 Å². The summed E-state index contributed by atoms with van der Waals surface area (Å²) in [5.41, 5.74) is 7.73. The van der Waals surface area contributed by atoms with E-state index in [0.717, 1.165) is 5.56 Å². The number of amidine groups is 1. The van der Waals surface area contributed by atoms with E-state index in [-0.39, 0.29) is 58.3 Å². The number of primary amides is 1. The number of aromatic hydroxyl groups is 1. The molecule has 0 spiro atoms. The summed E-state index contributed by atoms with van der Waals surface area (Å²) in [6, 6.07) is 12.9. The van der Waals surface area contributed by atoms with Gasteiger partial charge in [-0.3, -0.25) is 15.0 Å². The van der Waals surface area contributed by atoms with Crippen LogP contribution in [-0.4, -0.2) is 40.6 Å². The standard InChI is InChI=1S/C27H35N3O3.BrH/c1-26(2,3)19-12-17(13-20(23(19)32)27(4,5)6)21(31)15-30-14-18(25(29)33)22(24(30)28)16-10-8-7-9-11-16;/h7-13,18,22,28,32H,14-15H2,1-6H3,(H2,29,33);1H/t18-,22+;/m0./s1. The van der Waals surface area contributed by atoms with E-state index < -0.39 is 17.7 Å². The fourth-order valence-corrected chi connectivity index (χ4v) is 4.49.